The summed E-state index contributed by atoms with van der Waals surface area (Å²) >= 11 is 0. The van der Waals surface area contributed by atoms with Gasteiger partial charge in [0, 0.05) is 36.7 Å². The molecule has 1 aromatic carbocycles. The molecule has 0 spiro atoms. The predicted octanol–water partition coefficient (Wildman–Crippen LogP) is 1.84. The smallest absolute Gasteiger partial charge is 0.311 e. The summed E-state index contributed by atoms with van der Waals surface area (Å²) in [6.07, 6.45) is 5.81. The quantitative estimate of drug-likeness (QED) is 0.849. The molecular formula is C17H21N3O2. The van der Waals surface area contributed by atoms with E-state index in [9.17, 15) is 9.59 Å². The molecule has 22 heavy (non-hydrogen) atoms. The first-order valence-electron chi connectivity index (χ1n) is 7.88. The van der Waals surface area contributed by atoms with Gasteiger partial charge in [0.15, 0.2) is 0 Å². The highest BCUT2D eigenvalue weighted by molar-refractivity contribution is 6.35. The van der Waals surface area contributed by atoms with Crippen LogP contribution in [0.5, 0.6) is 0 Å². The number of aromatic amines is 1. The number of amides is 2. The lowest BCUT2D eigenvalue weighted by atomic mass is 10.1. The van der Waals surface area contributed by atoms with Crippen LogP contribution in [0.1, 0.15) is 24.8 Å². The molecule has 2 aromatic rings. The van der Waals surface area contributed by atoms with E-state index in [-0.39, 0.29) is 0 Å². The van der Waals surface area contributed by atoms with Crippen LogP contribution >= 0.6 is 0 Å². The zero-order valence-corrected chi connectivity index (χ0v) is 12.6. The molecule has 2 heterocycles. The number of nitrogens with one attached hydrogen (secondary N) is 2. The average molecular weight is 299 g/mol. The highest BCUT2D eigenvalue weighted by Crippen LogP contribution is 2.17. The third-order valence-electron chi connectivity index (χ3n) is 4.19. The van der Waals surface area contributed by atoms with Crippen molar-refractivity contribution < 1.29 is 9.59 Å². The van der Waals surface area contributed by atoms with E-state index in [1.807, 2.05) is 24.4 Å². The summed E-state index contributed by atoms with van der Waals surface area (Å²) in [5.41, 5.74) is 2.24. The zero-order chi connectivity index (χ0) is 15.4. The Hall–Kier alpha value is -2.30. The molecule has 116 valence electrons. The van der Waals surface area contributed by atoms with Crippen molar-refractivity contribution in [1.82, 2.24) is 15.2 Å². The first kappa shape index (κ1) is 14.6. The molecule has 0 radical (unpaired) electrons. The van der Waals surface area contributed by atoms with Gasteiger partial charge in [0.25, 0.3) is 0 Å². The predicted molar refractivity (Wildman–Crippen MR) is 85.4 cm³/mol. The molecule has 5 nitrogen and oxygen atoms in total. The minimum Gasteiger partial charge on any atom is -0.361 e. The lowest BCUT2D eigenvalue weighted by Gasteiger charge is -2.25. The van der Waals surface area contributed by atoms with Gasteiger partial charge in [-0.15, -0.1) is 0 Å². The van der Waals surface area contributed by atoms with E-state index in [0.29, 0.717) is 26.1 Å². The fourth-order valence-corrected chi connectivity index (χ4v) is 2.97. The molecule has 0 atom stereocenters. The Balaban J connectivity index is 1.52. The standard InChI is InChI=1S/C17H21N3O2/c21-16(17(22)20-10-4-1-5-11-20)18-9-8-13-12-19-15-7-3-2-6-14(13)15/h2-3,6-7,12,19H,1,4-5,8-11H2,(H,18,21). The molecule has 0 bridgehead atoms. The second kappa shape index (κ2) is 6.64. The highest BCUT2D eigenvalue weighted by Gasteiger charge is 2.22. The van der Waals surface area contributed by atoms with E-state index in [4.69, 9.17) is 0 Å². The van der Waals surface area contributed by atoms with Crippen LogP contribution in [0.25, 0.3) is 10.9 Å². The van der Waals surface area contributed by atoms with Gasteiger partial charge in [-0.2, -0.15) is 0 Å². The zero-order valence-electron chi connectivity index (χ0n) is 12.6. The number of carbonyl (C=O) groups excluding carboxylic acids is 2. The molecular weight excluding hydrogens is 278 g/mol. The average Bonchev–Trinajstić information content (AvgIpc) is 2.98. The summed E-state index contributed by atoms with van der Waals surface area (Å²) in [7, 11) is 0. The first-order chi connectivity index (χ1) is 10.8. The maximum absolute atomic E-state index is 12.0. The normalized spacial score (nSPS) is 15.0. The van der Waals surface area contributed by atoms with Gasteiger partial charge in [-0.1, -0.05) is 18.2 Å². The van der Waals surface area contributed by atoms with Crippen LogP contribution in [-0.4, -0.2) is 41.3 Å². The van der Waals surface area contributed by atoms with Crippen molar-refractivity contribution in [2.75, 3.05) is 19.6 Å². The Bertz CT molecular complexity index is 671. The van der Waals surface area contributed by atoms with Crippen LogP contribution in [0, 0.1) is 0 Å². The number of aromatic nitrogens is 1. The number of likely N-dealkylation sites (tertiary alicyclic amines) is 1. The fourth-order valence-electron chi connectivity index (χ4n) is 2.97. The van der Waals surface area contributed by atoms with Crippen LogP contribution in [0.15, 0.2) is 30.5 Å². The Morgan fingerprint density at radius 1 is 1.14 bits per heavy atom. The maximum Gasteiger partial charge on any atom is 0.311 e. The topological polar surface area (TPSA) is 65.2 Å². The van der Waals surface area contributed by atoms with Crippen molar-refractivity contribution >= 4 is 22.7 Å². The number of piperidine rings is 1. The molecule has 1 aliphatic heterocycles. The van der Waals surface area contributed by atoms with Gasteiger partial charge in [0.2, 0.25) is 0 Å². The van der Waals surface area contributed by atoms with E-state index in [0.717, 1.165) is 30.3 Å². The van der Waals surface area contributed by atoms with E-state index in [2.05, 4.69) is 16.4 Å². The highest BCUT2D eigenvalue weighted by atomic mass is 16.2. The number of para-hydroxylation sites is 1. The summed E-state index contributed by atoms with van der Waals surface area (Å²) < 4.78 is 0. The maximum atomic E-state index is 12.0. The Morgan fingerprint density at radius 3 is 2.73 bits per heavy atom. The first-order valence-corrected chi connectivity index (χ1v) is 7.88. The molecule has 0 saturated carbocycles. The van der Waals surface area contributed by atoms with Crippen molar-refractivity contribution in [3.63, 3.8) is 0 Å². The third-order valence-corrected chi connectivity index (χ3v) is 4.19. The molecule has 1 aliphatic rings. The second-order valence-corrected chi connectivity index (χ2v) is 5.72. The van der Waals surface area contributed by atoms with Gasteiger partial charge in [-0.05, 0) is 37.3 Å². The lowest BCUT2D eigenvalue weighted by Crippen LogP contribution is -2.45. The van der Waals surface area contributed by atoms with E-state index in [1.165, 1.54) is 5.39 Å². The number of H-pyrrole nitrogens is 1. The number of nitrogens with zero attached hydrogens (tertiary/aromatic N) is 1. The van der Waals surface area contributed by atoms with Gasteiger partial charge >= 0.3 is 11.8 Å². The number of carbonyl (C=O) groups is 2. The van der Waals surface area contributed by atoms with Crippen molar-refractivity contribution in [3.05, 3.63) is 36.0 Å². The number of fused-ring (bicyclic) bond motifs is 1. The molecule has 2 N–H and O–H groups in total. The molecule has 1 saturated heterocycles. The van der Waals surface area contributed by atoms with Crippen molar-refractivity contribution in [2.45, 2.75) is 25.7 Å². The van der Waals surface area contributed by atoms with E-state index in [1.54, 1.807) is 4.90 Å². The van der Waals surface area contributed by atoms with Crippen LogP contribution < -0.4 is 5.32 Å². The summed E-state index contributed by atoms with van der Waals surface area (Å²) in [4.78, 5) is 28.8. The Labute approximate surface area is 129 Å². The van der Waals surface area contributed by atoms with Gasteiger partial charge in [0.05, 0.1) is 0 Å². The molecule has 5 heteroatoms. The van der Waals surface area contributed by atoms with Gasteiger partial charge in [-0.3, -0.25) is 9.59 Å². The van der Waals surface area contributed by atoms with Crippen molar-refractivity contribution in [3.8, 4) is 0 Å². The van der Waals surface area contributed by atoms with Crippen LogP contribution in [0.4, 0.5) is 0 Å². The molecule has 2 amide bonds. The summed E-state index contributed by atoms with van der Waals surface area (Å²) in [5, 5.41) is 3.90. The second-order valence-electron chi connectivity index (χ2n) is 5.72. The monoisotopic (exact) mass is 299 g/mol. The summed E-state index contributed by atoms with van der Waals surface area (Å²) in [6.45, 7) is 1.88. The Morgan fingerprint density at radius 2 is 1.91 bits per heavy atom. The van der Waals surface area contributed by atoms with Gasteiger partial charge in [0.1, 0.15) is 0 Å². The van der Waals surface area contributed by atoms with E-state index >= 15 is 0 Å². The lowest BCUT2D eigenvalue weighted by molar-refractivity contribution is -0.146. The molecule has 0 unspecified atom stereocenters. The van der Waals surface area contributed by atoms with E-state index < -0.39 is 11.8 Å². The third kappa shape index (κ3) is 3.13. The van der Waals surface area contributed by atoms with Crippen LogP contribution in [-0.2, 0) is 16.0 Å². The van der Waals surface area contributed by atoms with Crippen molar-refractivity contribution in [2.24, 2.45) is 0 Å². The summed E-state index contributed by atoms with van der Waals surface area (Å²) in [5.74, 6) is -0.875. The number of rotatable bonds is 3. The summed E-state index contributed by atoms with van der Waals surface area (Å²) in [6, 6.07) is 8.07. The molecule has 1 aromatic heterocycles. The SMILES string of the molecule is O=C(NCCc1c[nH]c2ccccc12)C(=O)N1CCCCC1. The largest absolute Gasteiger partial charge is 0.361 e. The Kier molecular flexibility index (Phi) is 4.42. The minimum absolute atomic E-state index is 0.390. The van der Waals surface area contributed by atoms with Gasteiger partial charge < -0.3 is 15.2 Å². The number of hydrogen-bond acceptors (Lipinski definition) is 2. The number of hydrogen-bond donors (Lipinski definition) is 2. The van der Waals surface area contributed by atoms with Crippen molar-refractivity contribution in [1.29, 1.82) is 0 Å². The van der Waals surface area contributed by atoms with Gasteiger partial charge in [-0.25, -0.2) is 0 Å². The number of benzene rings is 1. The molecule has 3 rings (SSSR count). The van der Waals surface area contributed by atoms with Crippen LogP contribution in [0.2, 0.25) is 0 Å². The molecule has 0 aliphatic carbocycles. The minimum atomic E-state index is -0.484. The molecule has 1 fully saturated rings. The fraction of sp³-hybridized carbons (Fsp3) is 0.412. The van der Waals surface area contributed by atoms with Crippen LogP contribution in [0.3, 0.4) is 0 Å².